The van der Waals surface area contributed by atoms with E-state index in [1.165, 1.54) is 11.3 Å². The first-order valence-electron chi connectivity index (χ1n) is 6.77. The summed E-state index contributed by atoms with van der Waals surface area (Å²) < 4.78 is 0. The van der Waals surface area contributed by atoms with E-state index in [-0.39, 0.29) is 0 Å². The van der Waals surface area contributed by atoms with Gasteiger partial charge in [-0.2, -0.15) is 0 Å². The summed E-state index contributed by atoms with van der Waals surface area (Å²) in [6.45, 7) is 3.19. The van der Waals surface area contributed by atoms with E-state index in [1.807, 2.05) is 12.1 Å². The highest BCUT2D eigenvalue weighted by atomic mass is 32.1. The Labute approximate surface area is 124 Å². The highest BCUT2D eigenvalue weighted by Crippen LogP contribution is 2.35. The molecule has 2 aromatic rings. The number of hydrogen-bond donors (Lipinski definition) is 1. The molecule has 3 rings (SSSR count). The van der Waals surface area contributed by atoms with Gasteiger partial charge >= 0.3 is 0 Å². The minimum Gasteiger partial charge on any atom is -0.389 e. The van der Waals surface area contributed by atoms with Gasteiger partial charge in [0, 0.05) is 18.4 Å². The quantitative estimate of drug-likeness (QED) is 0.860. The summed E-state index contributed by atoms with van der Waals surface area (Å²) in [5.41, 5.74) is 9.24. The van der Waals surface area contributed by atoms with Crippen LogP contribution in [0.15, 0.2) is 42.6 Å². The molecule has 1 atom stereocenters. The Morgan fingerprint density at radius 3 is 2.90 bits per heavy atom. The van der Waals surface area contributed by atoms with Gasteiger partial charge in [0.2, 0.25) is 0 Å². The van der Waals surface area contributed by atoms with Crippen LogP contribution in [-0.2, 0) is 6.42 Å². The second-order valence-corrected chi connectivity index (χ2v) is 5.73. The van der Waals surface area contributed by atoms with Crippen molar-refractivity contribution in [3.63, 3.8) is 0 Å². The molecule has 1 aromatic carbocycles. The first-order valence-corrected chi connectivity index (χ1v) is 7.18. The zero-order valence-corrected chi connectivity index (χ0v) is 12.2. The topological polar surface area (TPSA) is 42.2 Å². The molecule has 4 heteroatoms. The minimum absolute atomic E-state index is 0.392. The lowest BCUT2D eigenvalue weighted by atomic mass is 9.93. The zero-order chi connectivity index (χ0) is 14.1. The van der Waals surface area contributed by atoms with E-state index in [9.17, 15) is 0 Å². The van der Waals surface area contributed by atoms with Crippen molar-refractivity contribution in [2.45, 2.75) is 13.3 Å². The first kappa shape index (κ1) is 13.1. The molecule has 2 N–H and O–H groups in total. The van der Waals surface area contributed by atoms with Crippen LogP contribution in [0.1, 0.15) is 18.1 Å². The lowest BCUT2D eigenvalue weighted by Crippen LogP contribution is -2.32. The number of para-hydroxylation sites is 1. The molecule has 20 heavy (non-hydrogen) atoms. The van der Waals surface area contributed by atoms with Gasteiger partial charge in [0.25, 0.3) is 0 Å². The number of anilines is 2. The zero-order valence-electron chi connectivity index (χ0n) is 11.4. The molecule has 1 aliphatic rings. The summed E-state index contributed by atoms with van der Waals surface area (Å²) in [6, 6.07) is 12.3. The van der Waals surface area contributed by atoms with Crippen molar-refractivity contribution >= 4 is 28.7 Å². The average Bonchev–Trinajstić information content (AvgIpc) is 2.46. The molecule has 0 saturated heterocycles. The predicted molar refractivity (Wildman–Crippen MR) is 86.4 cm³/mol. The van der Waals surface area contributed by atoms with Crippen LogP contribution in [0.25, 0.3) is 0 Å². The standard InChI is InChI=1S/C16H17N3S/c1-11-9-12-5-2-3-7-14(12)19(10-11)16-13(15(17)20)6-4-8-18-16/h2-8,11H,9-10H2,1H3,(H2,17,20). The fraction of sp³-hybridized carbons (Fsp3) is 0.250. The van der Waals surface area contributed by atoms with Crippen molar-refractivity contribution in [1.82, 2.24) is 4.98 Å². The molecule has 0 aliphatic carbocycles. The maximum Gasteiger partial charge on any atom is 0.143 e. The summed E-state index contributed by atoms with van der Waals surface area (Å²) in [6.07, 6.45) is 2.89. The molecule has 0 radical (unpaired) electrons. The molecule has 3 nitrogen and oxygen atoms in total. The number of hydrogen-bond acceptors (Lipinski definition) is 3. The van der Waals surface area contributed by atoms with E-state index < -0.39 is 0 Å². The summed E-state index contributed by atoms with van der Waals surface area (Å²) >= 11 is 5.16. The summed E-state index contributed by atoms with van der Waals surface area (Å²) in [4.78, 5) is 7.14. The second kappa shape index (κ2) is 5.21. The van der Waals surface area contributed by atoms with Gasteiger partial charge in [-0.1, -0.05) is 37.3 Å². The molecule has 0 spiro atoms. The smallest absolute Gasteiger partial charge is 0.143 e. The number of thiocarbonyl (C=S) groups is 1. The Balaban J connectivity index is 2.13. The van der Waals surface area contributed by atoms with E-state index in [0.29, 0.717) is 10.9 Å². The molecule has 1 aliphatic heterocycles. The fourth-order valence-electron chi connectivity index (χ4n) is 2.80. The number of rotatable bonds is 2. The van der Waals surface area contributed by atoms with Crippen molar-refractivity contribution in [3.8, 4) is 0 Å². The van der Waals surface area contributed by atoms with Crippen LogP contribution in [0, 0.1) is 5.92 Å². The number of nitrogens with two attached hydrogens (primary N) is 1. The van der Waals surface area contributed by atoms with E-state index >= 15 is 0 Å². The number of aromatic nitrogens is 1. The summed E-state index contributed by atoms with van der Waals surface area (Å²) in [5.74, 6) is 1.44. The van der Waals surface area contributed by atoms with Crippen LogP contribution in [0.3, 0.4) is 0 Å². The van der Waals surface area contributed by atoms with Crippen molar-refractivity contribution in [2.75, 3.05) is 11.4 Å². The summed E-state index contributed by atoms with van der Waals surface area (Å²) in [7, 11) is 0. The predicted octanol–water partition coefficient (Wildman–Crippen LogP) is 3.05. The third-order valence-electron chi connectivity index (χ3n) is 3.65. The average molecular weight is 283 g/mol. The van der Waals surface area contributed by atoms with E-state index in [2.05, 4.69) is 41.1 Å². The van der Waals surface area contributed by atoms with Gasteiger partial charge in [-0.05, 0) is 36.1 Å². The molecular formula is C16H17N3S. The maximum absolute atomic E-state index is 5.84. The Morgan fingerprint density at radius 1 is 1.30 bits per heavy atom. The van der Waals surface area contributed by atoms with Crippen LogP contribution < -0.4 is 10.6 Å². The normalized spacial score (nSPS) is 17.6. The van der Waals surface area contributed by atoms with Crippen LogP contribution in [0.4, 0.5) is 11.5 Å². The van der Waals surface area contributed by atoms with Crippen molar-refractivity contribution < 1.29 is 0 Å². The third-order valence-corrected chi connectivity index (χ3v) is 3.87. The van der Waals surface area contributed by atoms with E-state index in [0.717, 1.165) is 24.3 Å². The van der Waals surface area contributed by atoms with Gasteiger partial charge in [0.1, 0.15) is 10.8 Å². The van der Waals surface area contributed by atoms with Crippen molar-refractivity contribution in [2.24, 2.45) is 11.7 Å². The highest BCUT2D eigenvalue weighted by Gasteiger charge is 2.25. The lowest BCUT2D eigenvalue weighted by Gasteiger charge is -2.34. The van der Waals surface area contributed by atoms with E-state index in [4.69, 9.17) is 18.0 Å². The molecule has 1 unspecified atom stereocenters. The van der Waals surface area contributed by atoms with Gasteiger partial charge in [-0.15, -0.1) is 0 Å². The largest absolute Gasteiger partial charge is 0.389 e. The molecule has 2 heterocycles. The van der Waals surface area contributed by atoms with Crippen molar-refractivity contribution in [3.05, 3.63) is 53.7 Å². The summed E-state index contributed by atoms with van der Waals surface area (Å²) in [5, 5.41) is 0. The van der Waals surface area contributed by atoms with E-state index in [1.54, 1.807) is 6.20 Å². The van der Waals surface area contributed by atoms with Crippen LogP contribution >= 0.6 is 12.2 Å². The molecule has 0 saturated carbocycles. The van der Waals surface area contributed by atoms with Gasteiger partial charge in [-0.3, -0.25) is 0 Å². The van der Waals surface area contributed by atoms with Crippen LogP contribution in [-0.4, -0.2) is 16.5 Å². The van der Waals surface area contributed by atoms with Gasteiger partial charge < -0.3 is 10.6 Å². The molecule has 0 bridgehead atoms. The molecule has 1 aromatic heterocycles. The van der Waals surface area contributed by atoms with Gasteiger partial charge in [0.15, 0.2) is 0 Å². The lowest BCUT2D eigenvalue weighted by molar-refractivity contribution is 0.560. The number of fused-ring (bicyclic) bond motifs is 1. The Bertz CT molecular complexity index is 654. The van der Waals surface area contributed by atoms with Gasteiger partial charge in [-0.25, -0.2) is 4.98 Å². The Hall–Kier alpha value is -1.94. The number of pyridine rings is 1. The molecular weight excluding hydrogens is 266 g/mol. The number of benzene rings is 1. The maximum atomic E-state index is 5.84. The highest BCUT2D eigenvalue weighted by molar-refractivity contribution is 7.80. The SMILES string of the molecule is CC1Cc2ccccc2N(c2ncccc2C(N)=S)C1. The molecule has 0 fully saturated rings. The Kier molecular flexibility index (Phi) is 3.40. The van der Waals surface area contributed by atoms with Crippen LogP contribution in [0.5, 0.6) is 0 Å². The molecule has 102 valence electrons. The third kappa shape index (κ3) is 2.27. The number of nitrogens with zero attached hydrogens (tertiary/aromatic N) is 2. The molecule has 0 amide bonds. The van der Waals surface area contributed by atoms with Gasteiger partial charge in [0.05, 0.1) is 5.56 Å². The first-order chi connectivity index (χ1) is 9.66. The minimum atomic E-state index is 0.392. The Morgan fingerprint density at radius 2 is 2.10 bits per heavy atom. The van der Waals surface area contributed by atoms with Crippen LogP contribution in [0.2, 0.25) is 0 Å². The monoisotopic (exact) mass is 283 g/mol. The fourth-order valence-corrected chi connectivity index (χ4v) is 2.96. The second-order valence-electron chi connectivity index (χ2n) is 5.29. The van der Waals surface area contributed by atoms with Crippen molar-refractivity contribution in [1.29, 1.82) is 0 Å².